The molecule has 37 nitrogen and oxygen atoms in total. The van der Waals surface area contributed by atoms with Crippen LogP contribution in [0.3, 0.4) is 0 Å². The fourth-order valence-electron chi connectivity index (χ4n) is 15.9. The molecule has 16 rings (SSSR count). The Morgan fingerprint density at radius 3 is 0.929 bits per heavy atom. The van der Waals surface area contributed by atoms with Gasteiger partial charge in [-0.2, -0.15) is 60.0 Å². The number of halogens is 2. The molecule has 0 unspecified atom stereocenters. The third-order valence-corrected chi connectivity index (χ3v) is 24.8. The number of carbonyl (C=O) groups excluding carboxylic acids is 7. The zero-order chi connectivity index (χ0) is 101. The van der Waals surface area contributed by atoms with E-state index in [2.05, 4.69) is 91.8 Å². The van der Waals surface area contributed by atoms with Crippen LogP contribution >= 0.6 is 15.9 Å². The van der Waals surface area contributed by atoms with Crippen LogP contribution in [0.15, 0.2) is 188 Å². The van der Waals surface area contributed by atoms with Crippen LogP contribution in [0.1, 0.15) is 317 Å². The fraction of sp³-hybridized carbons (Fsp3) is 0.440. The Bertz CT molecular complexity index is 6160. The van der Waals surface area contributed by atoms with E-state index in [1.807, 2.05) is 147 Å². The normalized spacial score (nSPS) is 17.9. The number of piperidine rings is 4. The summed E-state index contributed by atoms with van der Waals surface area (Å²) in [5.41, 5.74) is 3.79. The molecule has 0 bridgehead atoms. The van der Waals surface area contributed by atoms with Crippen molar-refractivity contribution < 1.29 is 97.7 Å². The Labute approximate surface area is 857 Å². The molecule has 8 atom stereocenters. The summed E-state index contributed by atoms with van der Waals surface area (Å²) in [4.78, 5) is 121. The number of methoxy groups -OCH3 is 3. The molecule has 4 aliphatic heterocycles. The van der Waals surface area contributed by atoms with Crippen LogP contribution in [0, 0.1) is 7.43 Å². The number of allylic oxidation sites excluding steroid dienone is 2. The molecule has 4 aromatic carbocycles. The third kappa shape index (κ3) is 28.0. The van der Waals surface area contributed by atoms with Crippen molar-refractivity contribution in [1.82, 2.24) is 99.5 Å². The second kappa shape index (κ2) is 50.4. The van der Waals surface area contributed by atoms with Crippen molar-refractivity contribution in [2.75, 3.05) is 47.5 Å². The second-order valence-corrected chi connectivity index (χ2v) is 37.4. The van der Waals surface area contributed by atoms with Crippen LogP contribution in [-0.2, 0) is 19.8 Å². The van der Waals surface area contributed by atoms with Crippen LogP contribution in [-0.4, -0.2) is 270 Å². The van der Waals surface area contributed by atoms with Crippen LogP contribution in [0.2, 0.25) is 0 Å². The van der Waals surface area contributed by atoms with Crippen molar-refractivity contribution in [3.05, 3.63) is 263 Å². The molecule has 746 valence electrons. The van der Waals surface area contributed by atoms with Crippen molar-refractivity contribution in [1.29, 1.82) is 0 Å². The first-order valence-electron chi connectivity index (χ1n) is 45.7. The van der Waals surface area contributed by atoms with Crippen molar-refractivity contribution >= 4 is 93.9 Å². The van der Waals surface area contributed by atoms with Gasteiger partial charge in [-0.15, -0.1) is 12.1 Å². The minimum Gasteiger partial charge on any atom is -1.00 e. The van der Waals surface area contributed by atoms with Gasteiger partial charge in [0.1, 0.15) is 30.7 Å². The molecule has 12 heterocycles. The van der Waals surface area contributed by atoms with Crippen LogP contribution in [0.4, 0.5) is 0 Å². The summed E-state index contributed by atoms with van der Waals surface area (Å²) < 4.78 is 38.4. The van der Waals surface area contributed by atoms with Gasteiger partial charge in [-0.05, 0) is 198 Å². The number of nitrogens with zero attached hydrogens (tertiary/aromatic N) is 20. The number of oxazole rings is 4. The van der Waals surface area contributed by atoms with E-state index in [4.69, 9.17) is 54.9 Å². The summed E-state index contributed by atoms with van der Waals surface area (Å²) in [5, 5.41) is 62.2. The van der Waals surface area contributed by atoms with E-state index >= 15 is 0 Å². The Hall–Kier alpha value is -12.3. The summed E-state index contributed by atoms with van der Waals surface area (Å²) in [6, 6.07) is 29.4. The van der Waals surface area contributed by atoms with E-state index in [-0.39, 0.29) is 153 Å². The minimum atomic E-state index is -1.09. The topological polar surface area (TPSA) is 448 Å². The second-order valence-electron chi connectivity index (χ2n) is 36.7. The zero-order valence-electron chi connectivity index (χ0n) is 83.6. The number of benzene rings is 4. The molecule has 0 aliphatic carbocycles. The Morgan fingerprint density at radius 1 is 0.411 bits per heavy atom. The predicted molar refractivity (Wildman–Crippen MR) is 527 cm³/mol. The van der Waals surface area contributed by atoms with Crippen LogP contribution < -0.4 is 17.0 Å². The minimum absolute atomic E-state index is 0. The first kappa shape index (κ1) is 114. The molecular formula is C100H125BBr2MgN20O17. The molecule has 12 aromatic rings. The molecule has 3 N–H and O–H groups in total. The number of hydrogen-bond acceptors (Lipinski definition) is 29. The van der Waals surface area contributed by atoms with Crippen LogP contribution in [0.5, 0.6) is 0 Å². The maximum atomic E-state index is 13.6. The Kier molecular flexibility index (Phi) is 40.7. The number of likely N-dealkylation sites (tertiary alicyclic amines) is 4. The smallest absolute Gasteiger partial charge is 1.00 e. The zero-order valence-corrected chi connectivity index (χ0v) is 88.2. The van der Waals surface area contributed by atoms with E-state index in [1.165, 1.54) is 40.5 Å². The molecule has 0 spiro atoms. The van der Waals surface area contributed by atoms with Gasteiger partial charge >= 0.3 is 41.0 Å². The average Bonchev–Trinajstić information content (AvgIpc) is 1.75. The first-order valence-corrected chi connectivity index (χ1v) is 46.5. The summed E-state index contributed by atoms with van der Waals surface area (Å²) in [6.45, 7) is 38.3. The summed E-state index contributed by atoms with van der Waals surface area (Å²) >= 11 is 3.22. The predicted octanol–water partition coefficient (Wildman–Crippen LogP) is 12.6. The number of amides is 4. The van der Waals surface area contributed by atoms with Gasteiger partial charge in [0.25, 0.3) is 23.6 Å². The van der Waals surface area contributed by atoms with Crippen molar-refractivity contribution in [2.24, 2.45) is 0 Å². The first-order chi connectivity index (χ1) is 65.4. The van der Waals surface area contributed by atoms with Gasteiger partial charge in [-0.1, -0.05) is 89.7 Å². The standard InChI is InChI=1S/C24H31N5O3.C23H27N5O4.C23H25N5O4.C20H20BrN5O4.C6H14O2.C3H5B.CH3.BrH.Mg/c1-15(2)20-21(24(4,5)31)27-22(32-20)17-11-10-16(3)28(14-17)23(30)18-8-6-7-9-19(18)29-25-12-13-26-29;2*1-14(2)20-19(23(30)31-4)26-21(32-20)16-10-9-15(3)27(13-16)22(29)17-7-5-6-8-18(17)28-24-11-12-25-28;1-12-7-8-13(18-24-16(17(21)30-18)20(28)29-2)11-25(12)19(27)14-5-3-4-6-15(14)26-22-9-10-23-26;1-5(2,7)6(3,4)8;1-3(2)4;;;/h6-9,12-13,15-17,31H,10-11,14H2,1-5H3;5-8,11-12,14-16H,9-10,13H2,1-4H3;5-8,11-12,15-16H,1,9-10,13H2,2-4H3;3-6,9-10,12-13H,7-8,11H2,1-2H3;7-8H,1-4H3;1H2,2H3;1H3;1H;/q;;;;;;-1;;+2/p-1/t16-,17-;2*15-,16-;12-,13-;;;;;/m1111...../s1. The molecule has 0 saturated carbocycles. The SMILES string of the molecule is C=C(C)c1oc([C@@H]2CC[C@@H](C)N(C(=O)c3ccccc3-n3nccn3)C2)nc1C(=O)OC.CC(C)(O)C(C)(C)O.CC(C)c1oc([C@@H]2CC[C@@H](C)N(C(=O)c3ccccc3-n3nccn3)C2)nc1C(C)(C)O.COC(=O)c1nc([C@@H]2CC[C@@H](C)N(C(=O)c3ccccc3-n3nccn3)C2)oc1Br.COC(=O)c1nc([C@@H]2CC[C@@H](C)N(C(=O)c3ccccc3-n3nccn3)C2)oc1C(C)C.[B]C(=C)C.[Br-].[CH3-].[Mg+2]. The maximum Gasteiger partial charge on any atom is 2.00 e. The van der Waals surface area contributed by atoms with Crippen LogP contribution in [0.25, 0.3) is 28.3 Å². The van der Waals surface area contributed by atoms with Gasteiger partial charge in [-0.25, -0.2) is 34.3 Å². The number of ether oxygens (including phenoxy) is 3. The van der Waals surface area contributed by atoms with Crippen molar-refractivity contribution in [2.45, 2.75) is 239 Å². The molecule has 4 amide bonds. The third-order valence-electron chi connectivity index (χ3n) is 24.3. The summed E-state index contributed by atoms with van der Waals surface area (Å²) in [6.07, 6.45) is 19.1. The van der Waals surface area contributed by atoms with Crippen molar-refractivity contribution in [3.8, 4) is 22.7 Å². The number of aromatic nitrogens is 16. The van der Waals surface area contributed by atoms with Gasteiger partial charge in [0.05, 0.1) is 151 Å². The molecular weight excluding hydrogens is 1950 g/mol. The largest absolute Gasteiger partial charge is 2.00 e. The molecule has 141 heavy (non-hydrogen) atoms. The average molecular weight is 2070 g/mol. The van der Waals surface area contributed by atoms with Gasteiger partial charge in [0.15, 0.2) is 28.9 Å². The number of para-hydroxylation sites is 4. The molecule has 8 aromatic heterocycles. The molecule has 2 radical (unpaired) electrons. The van der Waals surface area contributed by atoms with Crippen molar-refractivity contribution in [3.63, 3.8) is 0 Å². The van der Waals surface area contributed by atoms with E-state index in [0.29, 0.717) is 129 Å². The maximum absolute atomic E-state index is 13.6. The monoisotopic (exact) mass is 2070 g/mol. The summed E-state index contributed by atoms with van der Waals surface area (Å²) in [7, 11) is 8.83. The molecule has 4 aliphatic rings. The van der Waals surface area contributed by atoms with E-state index in [9.17, 15) is 38.7 Å². The molecule has 4 fully saturated rings. The van der Waals surface area contributed by atoms with Gasteiger partial charge in [0, 0.05) is 62.2 Å². The number of esters is 3. The van der Waals surface area contributed by atoms with E-state index in [0.717, 1.165) is 51.4 Å². The number of aliphatic hydroxyl groups is 3. The summed E-state index contributed by atoms with van der Waals surface area (Å²) in [5.74, 6) is 1.05. The Balaban J connectivity index is 0.000000220. The quantitative estimate of drug-likeness (QED) is 0.0276. The molecule has 4 saturated heterocycles. The number of carbonyl (C=O) groups is 7. The van der Waals surface area contributed by atoms with Gasteiger partial charge < -0.3 is 91.2 Å². The van der Waals surface area contributed by atoms with Gasteiger partial charge in [0.2, 0.25) is 22.1 Å². The fourth-order valence-corrected chi connectivity index (χ4v) is 16.3. The number of hydrogen-bond donors (Lipinski definition) is 3. The number of rotatable bonds is 20. The van der Waals surface area contributed by atoms with Gasteiger partial charge in [-0.3, -0.25) is 19.2 Å². The Morgan fingerprint density at radius 2 is 0.660 bits per heavy atom. The molecule has 41 heteroatoms. The van der Waals surface area contributed by atoms with E-state index < -0.39 is 34.7 Å². The van der Waals surface area contributed by atoms with E-state index in [1.54, 1.807) is 123 Å².